The lowest BCUT2D eigenvalue weighted by molar-refractivity contribution is 0.326. The summed E-state index contributed by atoms with van der Waals surface area (Å²) in [6, 6.07) is 2.16. The highest BCUT2D eigenvalue weighted by molar-refractivity contribution is 5.21. The fourth-order valence-corrected chi connectivity index (χ4v) is 1.25. The fourth-order valence-electron chi connectivity index (χ4n) is 1.25. The molecule has 72 valence electrons. The Hall–Kier alpha value is -0.890. The first-order chi connectivity index (χ1) is 5.91. The van der Waals surface area contributed by atoms with Crippen LogP contribution in [-0.2, 0) is 0 Å². The third-order valence-electron chi connectivity index (χ3n) is 2.19. The van der Waals surface area contributed by atoms with Gasteiger partial charge in [-0.3, -0.25) is 4.98 Å². The number of hydrogen-bond donors (Lipinski definition) is 1. The average molecular weight is 178 g/mol. The SMILES string of the molecule is Cc1cncc([C@H](N)C(C)(C)C)c1. The van der Waals surface area contributed by atoms with E-state index >= 15 is 0 Å². The van der Waals surface area contributed by atoms with E-state index in [0.29, 0.717) is 0 Å². The van der Waals surface area contributed by atoms with Crippen molar-refractivity contribution >= 4 is 0 Å². The van der Waals surface area contributed by atoms with Crippen LogP contribution in [0.4, 0.5) is 0 Å². The predicted octanol–water partition coefficient (Wildman–Crippen LogP) is 2.44. The van der Waals surface area contributed by atoms with Crippen molar-refractivity contribution in [2.24, 2.45) is 11.1 Å². The van der Waals surface area contributed by atoms with Crippen molar-refractivity contribution in [1.82, 2.24) is 4.98 Å². The van der Waals surface area contributed by atoms with Gasteiger partial charge in [-0.05, 0) is 23.5 Å². The summed E-state index contributed by atoms with van der Waals surface area (Å²) < 4.78 is 0. The largest absolute Gasteiger partial charge is 0.323 e. The van der Waals surface area contributed by atoms with Crippen molar-refractivity contribution in [3.63, 3.8) is 0 Å². The summed E-state index contributed by atoms with van der Waals surface area (Å²) in [6.45, 7) is 8.45. The molecule has 2 nitrogen and oxygen atoms in total. The van der Waals surface area contributed by atoms with E-state index in [1.807, 2.05) is 19.3 Å². The standard InChI is InChI=1S/C11H18N2/c1-8-5-9(7-13-6-8)10(12)11(2,3)4/h5-7,10H,12H2,1-4H3/t10-/m0/s1. The van der Waals surface area contributed by atoms with E-state index in [1.54, 1.807) is 0 Å². The Morgan fingerprint density at radius 3 is 2.38 bits per heavy atom. The molecule has 0 saturated carbocycles. The minimum Gasteiger partial charge on any atom is -0.323 e. The molecular weight excluding hydrogens is 160 g/mol. The monoisotopic (exact) mass is 178 g/mol. The highest BCUT2D eigenvalue weighted by Gasteiger charge is 2.22. The number of nitrogens with zero attached hydrogens (tertiary/aromatic N) is 1. The molecule has 1 heterocycles. The van der Waals surface area contributed by atoms with E-state index in [4.69, 9.17) is 5.73 Å². The van der Waals surface area contributed by atoms with Crippen LogP contribution in [0.3, 0.4) is 0 Å². The van der Waals surface area contributed by atoms with Gasteiger partial charge in [0.25, 0.3) is 0 Å². The average Bonchev–Trinajstić information content (AvgIpc) is 2.01. The molecular formula is C11H18N2. The first-order valence-corrected chi connectivity index (χ1v) is 4.58. The van der Waals surface area contributed by atoms with Gasteiger partial charge in [0.05, 0.1) is 0 Å². The molecule has 0 aliphatic heterocycles. The molecule has 1 aromatic heterocycles. The van der Waals surface area contributed by atoms with Crippen LogP contribution in [-0.4, -0.2) is 4.98 Å². The van der Waals surface area contributed by atoms with Crippen molar-refractivity contribution < 1.29 is 0 Å². The summed E-state index contributed by atoms with van der Waals surface area (Å²) in [5.74, 6) is 0. The van der Waals surface area contributed by atoms with Crippen LogP contribution >= 0.6 is 0 Å². The van der Waals surface area contributed by atoms with Gasteiger partial charge in [-0.15, -0.1) is 0 Å². The maximum Gasteiger partial charge on any atom is 0.0359 e. The van der Waals surface area contributed by atoms with Crippen molar-refractivity contribution in [2.45, 2.75) is 33.7 Å². The first kappa shape index (κ1) is 10.2. The molecule has 2 N–H and O–H groups in total. The van der Waals surface area contributed by atoms with Crippen LogP contribution in [0.2, 0.25) is 0 Å². The zero-order chi connectivity index (χ0) is 10.1. The second-order valence-electron chi connectivity index (χ2n) is 4.64. The maximum absolute atomic E-state index is 6.10. The third kappa shape index (κ3) is 2.52. The minimum absolute atomic E-state index is 0.0555. The number of aryl methyl sites for hydroxylation is 1. The Balaban J connectivity index is 2.96. The molecule has 0 fully saturated rings. The van der Waals surface area contributed by atoms with Gasteiger partial charge in [0.1, 0.15) is 0 Å². The molecule has 1 atom stereocenters. The Bertz CT molecular complexity index is 286. The molecule has 0 unspecified atom stereocenters. The Morgan fingerprint density at radius 2 is 1.92 bits per heavy atom. The van der Waals surface area contributed by atoms with Gasteiger partial charge in [-0.1, -0.05) is 26.8 Å². The fraction of sp³-hybridized carbons (Fsp3) is 0.545. The molecule has 1 rings (SSSR count). The van der Waals surface area contributed by atoms with Crippen LogP contribution in [0, 0.1) is 12.3 Å². The smallest absolute Gasteiger partial charge is 0.0359 e. The van der Waals surface area contributed by atoms with Gasteiger partial charge in [0.2, 0.25) is 0 Å². The van der Waals surface area contributed by atoms with E-state index in [0.717, 1.165) is 11.1 Å². The molecule has 0 amide bonds. The summed E-state index contributed by atoms with van der Waals surface area (Å²) in [6.07, 6.45) is 3.70. The molecule has 0 radical (unpaired) electrons. The summed E-state index contributed by atoms with van der Waals surface area (Å²) >= 11 is 0. The van der Waals surface area contributed by atoms with E-state index < -0.39 is 0 Å². The molecule has 2 heteroatoms. The topological polar surface area (TPSA) is 38.9 Å². The summed E-state index contributed by atoms with van der Waals surface area (Å²) in [5.41, 5.74) is 8.48. The molecule has 0 spiro atoms. The number of rotatable bonds is 1. The zero-order valence-electron chi connectivity index (χ0n) is 8.83. The normalized spacial score (nSPS) is 14.2. The molecule has 0 saturated heterocycles. The van der Waals surface area contributed by atoms with Gasteiger partial charge >= 0.3 is 0 Å². The predicted molar refractivity (Wildman–Crippen MR) is 55.4 cm³/mol. The Morgan fingerprint density at radius 1 is 1.31 bits per heavy atom. The lowest BCUT2D eigenvalue weighted by Crippen LogP contribution is -2.26. The Labute approximate surface area is 80.2 Å². The number of hydrogen-bond acceptors (Lipinski definition) is 2. The number of pyridine rings is 1. The zero-order valence-corrected chi connectivity index (χ0v) is 8.83. The van der Waals surface area contributed by atoms with E-state index in [-0.39, 0.29) is 11.5 Å². The molecule has 0 aliphatic rings. The van der Waals surface area contributed by atoms with E-state index in [9.17, 15) is 0 Å². The highest BCUT2D eigenvalue weighted by atomic mass is 14.7. The van der Waals surface area contributed by atoms with Crippen molar-refractivity contribution in [1.29, 1.82) is 0 Å². The first-order valence-electron chi connectivity index (χ1n) is 4.58. The van der Waals surface area contributed by atoms with Crippen LogP contribution in [0.5, 0.6) is 0 Å². The highest BCUT2D eigenvalue weighted by Crippen LogP contribution is 2.29. The van der Waals surface area contributed by atoms with Crippen LogP contribution in [0.1, 0.15) is 37.9 Å². The van der Waals surface area contributed by atoms with Crippen molar-refractivity contribution in [2.75, 3.05) is 0 Å². The summed E-state index contributed by atoms with van der Waals surface area (Å²) in [5, 5.41) is 0. The number of nitrogens with two attached hydrogens (primary N) is 1. The quantitative estimate of drug-likeness (QED) is 0.717. The third-order valence-corrected chi connectivity index (χ3v) is 2.19. The molecule has 13 heavy (non-hydrogen) atoms. The van der Waals surface area contributed by atoms with Gasteiger partial charge in [0.15, 0.2) is 0 Å². The lowest BCUT2D eigenvalue weighted by Gasteiger charge is -2.27. The molecule has 0 aromatic carbocycles. The van der Waals surface area contributed by atoms with Crippen LogP contribution in [0.15, 0.2) is 18.5 Å². The minimum atomic E-state index is 0.0555. The van der Waals surface area contributed by atoms with Crippen LogP contribution < -0.4 is 5.73 Å². The van der Waals surface area contributed by atoms with E-state index in [1.165, 1.54) is 0 Å². The molecule has 0 bridgehead atoms. The molecule has 1 aromatic rings. The van der Waals surface area contributed by atoms with Crippen molar-refractivity contribution in [3.05, 3.63) is 29.6 Å². The Kier molecular flexibility index (Phi) is 2.71. The van der Waals surface area contributed by atoms with Crippen molar-refractivity contribution in [3.8, 4) is 0 Å². The molecule has 0 aliphatic carbocycles. The van der Waals surface area contributed by atoms with Gasteiger partial charge in [-0.2, -0.15) is 0 Å². The van der Waals surface area contributed by atoms with Gasteiger partial charge < -0.3 is 5.73 Å². The number of aromatic nitrogens is 1. The second kappa shape index (κ2) is 3.46. The lowest BCUT2D eigenvalue weighted by atomic mass is 9.83. The summed E-state index contributed by atoms with van der Waals surface area (Å²) in [7, 11) is 0. The maximum atomic E-state index is 6.10. The summed E-state index contributed by atoms with van der Waals surface area (Å²) in [4.78, 5) is 4.14. The van der Waals surface area contributed by atoms with Gasteiger partial charge in [-0.25, -0.2) is 0 Å². The van der Waals surface area contributed by atoms with Crippen LogP contribution in [0.25, 0.3) is 0 Å². The van der Waals surface area contributed by atoms with E-state index in [2.05, 4.69) is 31.8 Å². The second-order valence-corrected chi connectivity index (χ2v) is 4.64. The van der Waals surface area contributed by atoms with Gasteiger partial charge in [0, 0.05) is 18.4 Å².